The topological polar surface area (TPSA) is 12.9 Å². The van der Waals surface area contributed by atoms with Crippen LogP contribution in [0.3, 0.4) is 0 Å². The summed E-state index contributed by atoms with van der Waals surface area (Å²) in [6, 6.07) is 61.9. The molecule has 7 rings (SSSR count). The van der Waals surface area contributed by atoms with Crippen LogP contribution in [0.2, 0.25) is 0 Å². The predicted molar refractivity (Wildman–Crippen MR) is 222 cm³/mol. The van der Waals surface area contributed by atoms with E-state index < -0.39 is 7.26 Å². The first-order valence-corrected chi connectivity index (χ1v) is 19.5. The van der Waals surface area contributed by atoms with Crippen molar-refractivity contribution in [2.45, 2.75) is 32.1 Å². The molecule has 0 amide bonds. The summed E-state index contributed by atoms with van der Waals surface area (Å²) in [4.78, 5) is 4.81. The molecule has 1 nitrogen and oxygen atoms in total. The number of aromatic nitrogens is 1. The monoisotopic (exact) mass is 727 g/mol. The second-order valence-corrected chi connectivity index (χ2v) is 16.7. The van der Waals surface area contributed by atoms with Gasteiger partial charge in [0.2, 0.25) is 0 Å². The first-order valence-electron chi connectivity index (χ1n) is 16.5. The maximum atomic E-state index is 4.81. The zero-order valence-corrected chi connectivity index (χ0v) is 31.5. The van der Waals surface area contributed by atoms with Crippen LogP contribution in [0.25, 0.3) is 22.0 Å². The Morgan fingerprint density at radius 1 is 0.562 bits per heavy atom. The maximum absolute atomic E-state index is 4.81. The molecule has 0 saturated heterocycles. The van der Waals surface area contributed by atoms with Crippen molar-refractivity contribution in [2.24, 2.45) is 0 Å². The van der Waals surface area contributed by atoms with Crippen molar-refractivity contribution < 1.29 is 0 Å². The molecule has 4 heteroatoms. The molecule has 0 radical (unpaired) electrons. The summed E-state index contributed by atoms with van der Waals surface area (Å²) in [5, 5.41) is 5.50. The zero-order chi connectivity index (χ0) is 32.5. The molecule has 1 atom stereocenters. The Balaban J connectivity index is 0.000000441. The fourth-order valence-corrected chi connectivity index (χ4v) is 11.5. The SMILES string of the molecule is Br.CC(C)c1cc(-c2cccc(C[PH](c3ccccc3)(c3ccccc3)c3ccccc3)c2)c2ncccc2c1.PCc1ccccc1. The van der Waals surface area contributed by atoms with Crippen molar-refractivity contribution in [3.63, 3.8) is 0 Å². The number of benzene rings is 6. The third kappa shape index (κ3) is 8.02. The Morgan fingerprint density at radius 3 is 1.58 bits per heavy atom. The van der Waals surface area contributed by atoms with Gasteiger partial charge in [-0.2, -0.15) is 0 Å². The Labute approximate surface area is 299 Å². The van der Waals surface area contributed by atoms with Gasteiger partial charge in [-0.25, -0.2) is 0 Å². The van der Waals surface area contributed by atoms with Gasteiger partial charge in [0.15, 0.2) is 0 Å². The van der Waals surface area contributed by atoms with Gasteiger partial charge in [-0.3, -0.25) is 0 Å². The van der Waals surface area contributed by atoms with Crippen molar-refractivity contribution in [3.8, 4) is 11.1 Å². The minimum Gasteiger partial charge on any atom is -0.133 e. The standard InChI is InChI=1S/C37H34NP.C7H9P.BrH/c1-28(2)32-25-31-16-13-23-38-37(31)36(26-32)30-15-12-14-29(24-30)27-39(33-17-6-3-7-18-33,34-19-8-4-9-20-34)35-21-10-5-11-22-35;8-6-7-4-2-1-3-5-7;/h3-26,28,39H,27H2,1-2H3;1-5H,6,8H2;1H. The molecule has 0 spiro atoms. The normalized spacial score (nSPS) is 11.3. The van der Waals surface area contributed by atoms with Gasteiger partial charge in [0.1, 0.15) is 0 Å². The maximum Gasteiger partial charge on any atom is -0.0128 e. The molecular formula is C44H44BrNP2. The summed E-state index contributed by atoms with van der Waals surface area (Å²) in [5.41, 5.74) is 7.59. The Morgan fingerprint density at radius 2 is 1.08 bits per heavy atom. The number of fused-ring (bicyclic) bond motifs is 1. The quantitative estimate of drug-likeness (QED) is 0.142. The van der Waals surface area contributed by atoms with Gasteiger partial charge in [-0.05, 0) is 11.7 Å². The Bertz CT molecular complexity index is 1920. The minimum absolute atomic E-state index is 0. The van der Waals surface area contributed by atoms with Crippen LogP contribution < -0.4 is 15.9 Å². The summed E-state index contributed by atoms with van der Waals surface area (Å²) in [6.07, 6.45) is 3.94. The van der Waals surface area contributed by atoms with E-state index in [-0.39, 0.29) is 17.0 Å². The third-order valence-electron chi connectivity index (χ3n) is 8.98. The van der Waals surface area contributed by atoms with Crippen LogP contribution in [0.4, 0.5) is 0 Å². The van der Waals surface area contributed by atoms with Crippen LogP contribution in [0.15, 0.2) is 176 Å². The number of pyridine rings is 1. The molecule has 0 N–H and O–H groups in total. The molecule has 0 aliphatic carbocycles. The smallest absolute Gasteiger partial charge is 0.0128 e. The van der Waals surface area contributed by atoms with Crippen molar-refractivity contribution in [1.82, 2.24) is 4.98 Å². The second-order valence-electron chi connectivity index (χ2n) is 12.4. The molecule has 0 saturated carbocycles. The van der Waals surface area contributed by atoms with Crippen LogP contribution in [0, 0.1) is 0 Å². The molecule has 7 aromatic rings. The Hall–Kier alpha value is -3.93. The van der Waals surface area contributed by atoms with Crippen molar-refractivity contribution in [3.05, 3.63) is 193 Å². The van der Waals surface area contributed by atoms with Gasteiger partial charge in [0.25, 0.3) is 0 Å². The molecule has 0 bridgehead atoms. The van der Waals surface area contributed by atoms with E-state index in [2.05, 4.69) is 181 Å². The summed E-state index contributed by atoms with van der Waals surface area (Å²) in [5.74, 6) is 0.450. The first kappa shape index (κ1) is 35.4. The van der Waals surface area contributed by atoms with E-state index in [1.54, 1.807) is 0 Å². The number of hydrogen-bond acceptors (Lipinski definition) is 1. The number of rotatable bonds is 8. The van der Waals surface area contributed by atoms with Gasteiger partial charge in [0, 0.05) is 0 Å². The van der Waals surface area contributed by atoms with Crippen LogP contribution >= 0.6 is 33.5 Å². The van der Waals surface area contributed by atoms with Gasteiger partial charge in [-0.1, -0.05) is 30.3 Å². The zero-order valence-electron chi connectivity index (χ0n) is 27.7. The molecule has 1 unspecified atom stereocenters. The van der Waals surface area contributed by atoms with E-state index in [4.69, 9.17) is 4.98 Å². The van der Waals surface area contributed by atoms with Crippen LogP contribution in [-0.2, 0) is 12.3 Å². The fraction of sp³-hybridized carbons (Fsp3) is 0.114. The molecule has 1 heterocycles. The summed E-state index contributed by atoms with van der Waals surface area (Å²) < 4.78 is 0. The summed E-state index contributed by atoms with van der Waals surface area (Å²) in [6.45, 7) is 4.52. The van der Waals surface area contributed by atoms with E-state index in [1.807, 2.05) is 18.3 Å². The largest absolute Gasteiger partial charge is 0.133 e. The number of hydrogen-bond donors (Lipinski definition) is 0. The summed E-state index contributed by atoms with van der Waals surface area (Å²) >= 11 is 0. The molecule has 6 aromatic carbocycles. The Kier molecular flexibility index (Phi) is 12.5. The van der Waals surface area contributed by atoms with E-state index in [0.29, 0.717) is 5.92 Å². The molecule has 48 heavy (non-hydrogen) atoms. The number of halogens is 1. The number of nitrogens with zero attached hydrogens (tertiary/aromatic N) is 1. The first-order chi connectivity index (χ1) is 23.1. The average Bonchev–Trinajstić information content (AvgIpc) is 3.15. The van der Waals surface area contributed by atoms with Crippen LogP contribution in [-0.4, -0.2) is 4.98 Å². The minimum atomic E-state index is -2.39. The fourth-order valence-electron chi connectivity index (χ4n) is 6.51. The molecule has 1 aromatic heterocycles. The van der Waals surface area contributed by atoms with Crippen molar-refractivity contribution in [1.29, 1.82) is 0 Å². The van der Waals surface area contributed by atoms with Gasteiger partial charge >= 0.3 is 233 Å². The van der Waals surface area contributed by atoms with E-state index in [9.17, 15) is 0 Å². The molecular weight excluding hydrogens is 684 g/mol. The van der Waals surface area contributed by atoms with E-state index in [1.165, 1.54) is 49.1 Å². The summed E-state index contributed by atoms with van der Waals surface area (Å²) in [7, 11) is 0.307. The van der Waals surface area contributed by atoms with Crippen molar-refractivity contribution >= 4 is 60.3 Å². The second kappa shape index (κ2) is 16.9. The third-order valence-corrected chi connectivity index (χ3v) is 14.3. The van der Waals surface area contributed by atoms with Crippen LogP contribution in [0.1, 0.15) is 36.5 Å². The van der Waals surface area contributed by atoms with E-state index >= 15 is 0 Å². The predicted octanol–water partition coefficient (Wildman–Crippen LogP) is 10.9. The van der Waals surface area contributed by atoms with Crippen molar-refractivity contribution in [2.75, 3.05) is 0 Å². The molecule has 0 aliphatic rings. The van der Waals surface area contributed by atoms with Gasteiger partial charge < -0.3 is 0 Å². The molecule has 0 fully saturated rings. The van der Waals surface area contributed by atoms with E-state index in [0.717, 1.165) is 17.8 Å². The molecule has 0 aliphatic heterocycles. The average molecular weight is 729 g/mol. The van der Waals surface area contributed by atoms with Gasteiger partial charge in [0.05, 0.1) is 0 Å². The van der Waals surface area contributed by atoms with Crippen LogP contribution in [0.5, 0.6) is 0 Å². The van der Waals surface area contributed by atoms with Gasteiger partial charge in [-0.15, -0.1) is 26.2 Å². The molecule has 242 valence electrons.